The Morgan fingerprint density at radius 2 is 0.612 bits per heavy atom. The summed E-state index contributed by atoms with van der Waals surface area (Å²) in [5.74, 6) is 0. The van der Waals surface area contributed by atoms with Crippen LogP contribution in [0.3, 0.4) is 0 Å². The number of benzene rings is 9. The van der Waals surface area contributed by atoms with Gasteiger partial charge in [-0.25, -0.2) is 0 Å². The van der Waals surface area contributed by atoms with Gasteiger partial charge in [0.15, 0.2) is 0 Å². The van der Waals surface area contributed by atoms with Crippen molar-refractivity contribution in [2.24, 2.45) is 0 Å². The minimum Gasteiger partial charge on any atom is -0.0619 e. The van der Waals surface area contributed by atoms with E-state index in [4.69, 9.17) is 0 Å². The third kappa shape index (κ3) is 4.25. The molecule has 4 aliphatic carbocycles. The maximum absolute atomic E-state index is 2.71. The van der Waals surface area contributed by atoms with Crippen molar-refractivity contribution >= 4 is 44.6 Å². The summed E-state index contributed by atoms with van der Waals surface area (Å²) in [6.07, 6.45) is 0. The Morgan fingerprint density at radius 1 is 0.313 bits per heavy atom. The van der Waals surface area contributed by atoms with Gasteiger partial charge in [0.25, 0.3) is 0 Å². The lowest BCUT2D eigenvalue weighted by Gasteiger charge is -2.39. The van der Waals surface area contributed by atoms with Crippen molar-refractivity contribution in [3.05, 3.63) is 184 Å². The lowest BCUT2D eigenvalue weighted by Crippen LogP contribution is -2.57. The fraction of sp³-hybridized carbons (Fsp3) is 0.242. The van der Waals surface area contributed by atoms with Crippen molar-refractivity contribution in [2.45, 2.75) is 103 Å². The monoisotopic (exact) mass is 858 g/mol. The highest BCUT2D eigenvalue weighted by molar-refractivity contribution is 7.01. The van der Waals surface area contributed by atoms with Gasteiger partial charge in [0.2, 0.25) is 6.71 Å². The quantitative estimate of drug-likeness (QED) is 0.133. The van der Waals surface area contributed by atoms with Crippen LogP contribution in [0.1, 0.15) is 126 Å². The van der Waals surface area contributed by atoms with E-state index in [1.54, 1.807) is 0 Å². The molecule has 0 N–H and O–H groups in total. The molecule has 0 fully saturated rings. The summed E-state index contributed by atoms with van der Waals surface area (Å²) < 4.78 is 0. The van der Waals surface area contributed by atoms with Crippen molar-refractivity contribution in [2.75, 3.05) is 0 Å². The number of rotatable bonds is 0. The molecule has 0 saturated carbocycles. The number of hydrogen-bond acceptors (Lipinski definition) is 0. The Hall–Kier alpha value is -6.44. The second-order valence-corrected chi connectivity index (χ2v) is 24.3. The fourth-order valence-corrected chi connectivity index (χ4v) is 15.6. The van der Waals surface area contributed by atoms with Crippen molar-refractivity contribution in [1.29, 1.82) is 0 Å². The van der Waals surface area contributed by atoms with Crippen LogP contribution >= 0.6 is 0 Å². The molecule has 0 radical (unpaired) electrons. The Balaban J connectivity index is 1.20. The highest BCUT2D eigenvalue weighted by Gasteiger charge is 2.51. The van der Waals surface area contributed by atoms with Crippen molar-refractivity contribution < 1.29 is 0 Å². The molecule has 9 aromatic rings. The first kappa shape index (κ1) is 38.6. The maximum Gasteiger partial charge on any atom is 0.244 e. The van der Waals surface area contributed by atoms with Crippen LogP contribution in [0.25, 0.3) is 88.3 Å². The molecular formula is C66H55B. The molecule has 0 aromatic heterocycles. The summed E-state index contributed by atoms with van der Waals surface area (Å²) >= 11 is 0. The third-order valence-corrected chi connectivity index (χ3v) is 18.5. The molecule has 0 spiro atoms. The van der Waals surface area contributed by atoms with E-state index in [0.29, 0.717) is 0 Å². The molecule has 0 atom stereocenters. The standard InChI is InChI=1S/C66H55B/c1-62(2,3)34-28-45-39-30-41-35-20-12-16-24-47(35)63(4,5)57(41)55-53(39)51(32-43-37-22-14-18-26-49(37)65(8,9)59(43)55)67-52-33-44-38-23-15-19-27-50(38)66(10,11)60(44)56-54(52)40(46(29-34)61(45)67)31-42-36-21-13-17-25-48(36)64(6,7)58(42)56/h12-33H,1-11H3. The summed E-state index contributed by atoms with van der Waals surface area (Å²) in [7, 11) is 0. The van der Waals surface area contributed by atoms with Crippen LogP contribution in [0.15, 0.2) is 133 Å². The highest BCUT2D eigenvalue weighted by Crippen LogP contribution is 2.62. The first-order chi connectivity index (χ1) is 31.9. The number of fused-ring (bicyclic) bond motifs is 20. The van der Waals surface area contributed by atoms with E-state index in [9.17, 15) is 0 Å². The molecule has 2 heterocycles. The molecule has 9 aromatic carbocycles. The van der Waals surface area contributed by atoms with Crippen LogP contribution in [-0.4, -0.2) is 6.71 Å². The van der Waals surface area contributed by atoms with Gasteiger partial charge >= 0.3 is 0 Å². The summed E-state index contributed by atoms with van der Waals surface area (Å²) in [4.78, 5) is 0. The van der Waals surface area contributed by atoms with E-state index >= 15 is 0 Å². The molecule has 67 heavy (non-hydrogen) atoms. The van der Waals surface area contributed by atoms with E-state index in [1.165, 1.54) is 155 Å². The zero-order chi connectivity index (χ0) is 45.8. The van der Waals surface area contributed by atoms with Gasteiger partial charge in [-0.05, 0) is 156 Å². The SMILES string of the molecule is CC(C)(C)c1cc2c3c(c1)-c1cc4c(c5c6c(cc(c15)B3c1cc3c(c5c7c(cc-2c15)-c1ccccc1C7(C)C)C(C)(C)c1ccccc1-3)-c1ccccc1C6(C)C)C(C)(C)c1ccccc1-4. The molecule has 0 bridgehead atoms. The molecule has 0 saturated heterocycles. The molecule has 322 valence electrons. The van der Waals surface area contributed by atoms with Gasteiger partial charge in [-0.2, -0.15) is 0 Å². The molecule has 2 aliphatic heterocycles. The molecule has 0 amide bonds. The third-order valence-electron chi connectivity index (χ3n) is 18.5. The smallest absolute Gasteiger partial charge is 0.0619 e. The zero-order valence-electron chi connectivity index (χ0n) is 40.8. The molecule has 0 nitrogen and oxygen atoms in total. The highest BCUT2D eigenvalue weighted by atomic mass is 14.5. The van der Waals surface area contributed by atoms with Crippen LogP contribution in [0.5, 0.6) is 0 Å². The predicted octanol–water partition coefficient (Wildman–Crippen LogP) is 15.0. The minimum atomic E-state index is -0.184. The normalized spacial score (nSPS) is 17.6. The molecule has 6 aliphatic rings. The average Bonchev–Trinajstić information content (AvgIpc) is 3.88. The van der Waals surface area contributed by atoms with E-state index in [-0.39, 0.29) is 33.8 Å². The van der Waals surface area contributed by atoms with E-state index in [2.05, 4.69) is 210 Å². The molecular weight excluding hydrogens is 804 g/mol. The van der Waals surface area contributed by atoms with Crippen LogP contribution in [0, 0.1) is 0 Å². The summed E-state index contributed by atoms with van der Waals surface area (Å²) in [6, 6.07) is 53.3. The van der Waals surface area contributed by atoms with Crippen LogP contribution in [0.4, 0.5) is 0 Å². The largest absolute Gasteiger partial charge is 0.244 e. The average molecular weight is 859 g/mol. The number of hydrogen-bond donors (Lipinski definition) is 0. The molecule has 0 unspecified atom stereocenters. The van der Waals surface area contributed by atoms with Gasteiger partial charge < -0.3 is 0 Å². The van der Waals surface area contributed by atoms with E-state index < -0.39 is 0 Å². The van der Waals surface area contributed by atoms with Gasteiger partial charge in [0.1, 0.15) is 0 Å². The zero-order valence-corrected chi connectivity index (χ0v) is 40.8. The minimum absolute atomic E-state index is 0.0428. The topological polar surface area (TPSA) is 0 Å². The van der Waals surface area contributed by atoms with Gasteiger partial charge in [-0.3, -0.25) is 0 Å². The van der Waals surface area contributed by atoms with Crippen molar-refractivity contribution in [1.82, 2.24) is 0 Å². The predicted molar refractivity (Wildman–Crippen MR) is 286 cm³/mol. The summed E-state index contributed by atoms with van der Waals surface area (Å²) in [6.45, 7) is 27.3. The van der Waals surface area contributed by atoms with Crippen molar-refractivity contribution in [3.63, 3.8) is 0 Å². The fourth-order valence-electron chi connectivity index (χ4n) is 15.6. The van der Waals surface area contributed by atoms with E-state index in [1.807, 2.05) is 0 Å². The Morgan fingerprint density at radius 3 is 0.925 bits per heavy atom. The van der Waals surface area contributed by atoms with Gasteiger partial charge in [0.05, 0.1) is 0 Å². The molecule has 15 rings (SSSR count). The van der Waals surface area contributed by atoms with Crippen molar-refractivity contribution in [3.8, 4) is 66.8 Å². The second-order valence-electron chi connectivity index (χ2n) is 24.3. The first-order valence-corrected chi connectivity index (χ1v) is 24.9. The maximum atomic E-state index is 2.71. The Bertz CT molecular complexity index is 3620. The summed E-state index contributed by atoms with van der Waals surface area (Å²) in [5, 5.41) is 5.94. The Labute approximate surface area is 396 Å². The van der Waals surface area contributed by atoms with Gasteiger partial charge in [-0.1, -0.05) is 214 Å². The van der Waals surface area contributed by atoms with Crippen LogP contribution in [-0.2, 0) is 27.1 Å². The van der Waals surface area contributed by atoms with Crippen LogP contribution < -0.4 is 16.4 Å². The Kier molecular flexibility index (Phi) is 6.71. The lowest BCUT2D eigenvalue weighted by molar-refractivity contribution is 0.591. The second kappa shape index (κ2) is 11.6. The van der Waals surface area contributed by atoms with E-state index in [0.717, 1.165) is 0 Å². The van der Waals surface area contributed by atoms with Gasteiger partial charge in [-0.15, -0.1) is 0 Å². The first-order valence-electron chi connectivity index (χ1n) is 24.9. The van der Waals surface area contributed by atoms with Crippen LogP contribution in [0.2, 0.25) is 0 Å². The molecule has 1 heteroatoms. The summed E-state index contributed by atoms with van der Waals surface area (Å²) in [5.41, 5.74) is 33.7. The lowest BCUT2D eigenvalue weighted by atomic mass is 9.30. The van der Waals surface area contributed by atoms with Gasteiger partial charge in [0, 0.05) is 21.7 Å².